The molecule has 112 valence electrons. The van der Waals surface area contributed by atoms with Crippen LogP contribution >= 0.6 is 11.6 Å². The van der Waals surface area contributed by atoms with Crippen molar-refractivity contribution in [2.45, 2.75) is 32.5 Å². The molecule has 2 aromatic heterocycles. The van der Waals surface area contributed by atoms with Gasteiger partial charge < -0.3 is 4.74 Å². The van der Waals surface area contributed by atoms with Crippen LogP contribution in [0.2, 0.25) is 5.02 Å². The molecule has 2 aromatic rings. The van der Waals surface area contributed by atoms with Gasteiger partial charge in [-0.15, -0.1) is 0 Å². The summed E-state index contributed by atoms with van der Waals surface area (Å²) in [5.74, 6) is 0. The Morgan fingerprint density at radius 3 is 3.05 bits per heavy atom. The van der Waals surface area contributed by atoms with Gasteiger partial charge in [-0.1, -0.05) is 11.6 Å². The Labute approximate surface area is 128 Å². The van der Waals surface area contributed by atoms with E-state index < -0.39 is 0 Å². The SMILES string of the molecule is C[C@@H]1CN(Cc2cc(=O)n3cc(Cl)ccc3n2)[C@H](C)CO1. The first-order valence-electron chi connectivity index (χ1n) is 7.06. The van der Waals surface area contributed by atoms with Crippen molar-refractivity contribution in [2.75, 3.05) is 13.2 Å². The molecule has 21 heavy (non-hydrogen) atoms. The largest absolute Gasteiger partial charge is 0.376 e. The van der Waals surface area contributed by atoms with E-state index in [1.165, 1.54) is 4.40 Å². The van der Waals surface area contributed by atoms with Crippen LogP contribution in [-0.2, 0) is 11.3 Å². The van der Waals surface area contributed by atoms with Gasteiger partial charge in [-0.3, -0.25) is 14.1 Å². The van der Waals surface area contributed by atoms with Crippen LogP contribution in [0, 0.1) is 0 Å². The second-order valence-electron chi connectivity index (χ2n) is 5.58. The zero-order valence-electron chi connectivity index (χ0n) is 12.1. The van der Waals surface area contributed by atoms with Crippen LogP contribution in [-0.4, -0.2) is 39.6 Å². The molecule has 1 saturated heterocycles. The van der Waals surface area contributed by atoms with Gasteiger partial charge in [-0.25, -0.2) is 4.98 Å². The molecule has 0 spiro atoms. The molecule has 6 heteroatoms. The Morgan fingerprint density at radius 1 is 1.43 bits per heavy atom. The quantitative estimate of drug-likeness (QED) is 0.851. The van der Waals surface area contributed by atoms with Crippen molar-refractivity contribution >= 4 is 17.2 Å². The predicted octanol–water partition coefficient (Wildman–Crippen LogP) is 1.96. The van der Waals surface area contributed by atoms with Crippen molar-refractivity contribution in [3.05, 3.63) is 45.5 Å². The van der Waals surface area contributed by atoms with Gasteiger partial charge in [-0.05, 0) is 26.0 Å². The first-order valence-corrected chi connectivity index (χ1v) is 7.44. The number of halogens is 1. The van der Waals surface area contributed by atoms with E-state index in [4.69, 9.17) is 16.3 Å². The Balaban J connectivity index is 1.90. The maximum absolute atomic E-state index is 12.2. The fraction of sp³-hybridized carbons (Fsp3) is 0.467. The minimum atomic E-state index is -0.105. The Kier molecular flexibility index (Phi) is 3.97. The number of ether oxygens (including phenoxy) is 1. The van der Waals surface area contributed by atoms with Gasteiger partial charge in [0.05, 0.1) is 23.4 Å². The molecule has 0 aromatic carbocycles. The fourth-order valence-corrected chi connectivity index (χ4v) is 2.77. The Bertz CT molecular complexity index is 716. The molecule has 0 saturated carbocycles. The second kappa shape index (κ2) is 5.75. The van der Waals surface area contributed by atoms with Gasteiger partial charge in [0.1, 0.15) is 5.65 Å². The summed E-state index contributed by atoms with van der Waals surface area (Å²) in [6.45, 7) is 6.40. The third-order valence-corrected chi connectivity index (χ3v) is 4.00. The predicted molar refractivity (Wildman–Crippen MR) is 81.8 cm³/mol. The minimum Gasteiger partial charge on any atom is -0.376 e. The van der Waals surface area contributed by atoms with E-state index in [-0.39, 0.29) is 11.7 Å². The molecule has 0 bridgehead atoms. The molecule has 0 aliphatic carbocycles. The molecule has 5 nitrogen and oxygen atoms in total. The zero-order chi connectivity index (χ0) is 15.0. The van der Waals surface area contributed by atoms with Crippen molar-refractivity contribution in [2.24, 2.45) is 0 Å². The highest BCUT2D eigenvalue weighted by atomic mass is 35.5. The molecule has 0 amide bonds. The van der Waals surface area contributed by atoms with Gasteiger partial charge in [0, 0.05) is 31.4 Å². The Hall–Kier alpha value is -1.43. The summed E-state index contributed by atoms with van der Waals surface area (Å²) in [7, 11) is 0. The van der Waals surface area contributed by atoms with Gasteiger partial charge in [-0.2, -0.15) is 0 Å². The third kappa shape index (κ3) is 3.10. The lowest BCUT2D eigenvalue weighted by molar-refractivity contribution is -0.0530. The van der Waals surface area contributed by atoms with Crippen molar-refractivity contribution in [3.8, 4) is 0 Å². The first-order chi connectivity index (χ1) is 10.0. The van der Waals surface area contributed by atoms with Gasteiger partial charge in [0.2, 0.25) is 0 Å². The summed E-state index contributed by atoms with van der Waals surface area (Å²) >= 11 is 5.91. The van der Waals surface area contributed by atoms with Crippen LogP contribution in [0.3, 0.4) is 0 Å². The average molecular weight is 308 g/mol. The summed E-state index contributed by atoms with van der Waals surface area (Å²) in [5, 5.41) is 0.523. The van der Waals surface area contributed by atoms with Gasteiger partial charge in [0.25, 0.3) is 5.56 Å². The third-order valence-electron chi connectivity index (χ3n) is 3.78. The van der Waals surface area contributed by atoms with Crippen LogP contribution < -0.4 is 5.56 Å². The number of morpholine rings is 1. The lowest BCUT2D eigenvalue weighted by Crippen LogP contribution is -2.46. The highest BCUT2D eigenvalue weighted by Crippen LogP contribution is 2.15. The zero-order valence-corrected chi connectivity index (χ0v) is 12.9. The van der Waals surface area contributed by atoms with E-state index >= 15 is 0 Å². The number of pyridine rings is 1. The summed E-state index contributed by atoms with van der Waals surface area (Å²) < 4.78 is 7.09. The van der Waals surface area contributed by atoms with Crippen LogP contribution in [0.5, 0.6) is 0 Å². The molecular weight excluding hydrogens is 290 g/mol. The molecule has 2 atom stereocenters. The standard InChI is InChI=1S/C15H18ClN3O2/c1-10-9-21-11(2)6-18(10)8-13-5-15(20)19-7-12(16)3-4-14(19)17-13/h3-5,7,10-11H,6,8-9H2,1-2H3/t10-,11-/m1/s1. The molecule has 1 aliphatic rings. The van der Waals surface area contributed by atoms with Crippen molar-refractivity contribution in [1.82, 2.24) is 14.3 Å². The lowest BCUT2D eigenvalue weighted by atomic mass is 10.2. The summed E-state index contributed by atoms with van der Waals surface area (Å²) in [5.41, 5.74) is 1.30. The minimum absolute atomic E-state index is 0.105. The van der Waals surface area contributed by atoms with Crippen LogP contribution in [0.1, 0.15) is 19.5 Å². The number of fused-ring (bicyclic) bond motifs is 1. The maximum Gasteiger partial charge on any atom is 0.258 e. The van der Waals surface area contributed by atoms with Crippen molar-refractivity contribution in [1.29, 1.82) is 0 Å². The monoisotopic (exact) mass is 307 g/mol. The Morgan fingerprint density at radius 2 is 2.24 bits per heavy atom. The van der Waals surface area contributed by atoms with Crippen molar-refractivity contribution < 1.29 is 4.74 Å². The van der Waals surface area contributed by atoms with E-state index in [0.29, 0.717) is 29.9 Å². The molecule has 1 aliphatic heterocycles. The van der Waals surface area contributed by atoms with E-state index in [9.17, 15) is 4.79 Å². The van der Waals surface area contributed by atoms with E-state index in [1.54, 1.807) is 24.4 Å². The first kappa shape index (κ1) is 14.5. The molecular formula is C15H18ClN3O2. The summed E-state index contributed by atoms with van der Waals surface area (Å²) in [6.07, 6.45) is 1.80. The van der Waals surface area contributed by atoms with Crippen LogP contribution in [0.25, 0.3) is 5.65 Å². The lowest BCUT2D eigenvalue weighted by Gasteiger charge is -2.36. The molecule has 3 rings (SSSR count). The number of nitrogens with zero attached hydrogens (tertiary/aromatic N) is 3. The van der Waals surface area contributed by atoms with Crippen molar-refractivity contribution in [3.63, 3.8) is 0 Å². The van der Waals surface area contributed by atoms with E-state index in [1.807, 2.05) is 0 Å². The van der Waals surface area contributed by atoms with Crippen LogP contribution in [0.4, 0.5) is 0 Å². The van der Waals surface area contributed by atoms with Crippen LogP contribution in [0.15, 0.2) is 29.2 Å². The normalized spacial score (nSPS) is 23.6. The topological polar surface area (TPSA) is 46.8 Å². The van der Waals surface area contributed by atoms with E-state index in [0.717, 1.165) is 12.2 Å². The smallest absolute Gasteiger partial charge is 0.258 e. The summed E-state index contributed by atoms with van der Waals surface area (Å²) in [4.78, 5) is 19.0. The van der Waals surface area contributed by atoms with Gasteiger partial charge >= 0.3 is 0 Å². The number of rotatable bonds is 2. The molecule has 0 radical (unpaired) electrons. The second-order valence-corrected chi connectivity index (χ2v) is 6.02. The fourth-order valence-electron chi connectivity index (χ4n) is 2.61. The molecule has 1 fully saturated rings. The van der Waals surface area contributed by atoms with E-state index in [2.05, 4.69) is 23.7 Å². The molecule has 3 heterocycles. The van der Waals surface area contributed by atoms with Gasteiger partial charge in [0.15, 0.2) is 0 Å². The number of hydrogen-bond acceptors (Lipinski definition) is 4. The molecule has 0 unspecified atom stereocenters. The average Bonchev–Trinajstić information content (AvgIpc) is 2.44. The molecule has 0 N–H and O–H groups in total. The maximum atomic E-state index is 12.2. The highest BCUT2D eigenvalue weighted by Gasteiger charge is 2.23. The highest BCUT2D eigenvalue weighted by molar-refractivity contribution is 6.30. The number of aromatic nitrogens is 2. The number of hydrogen-bond donors (Lipinski definition) is 0. The summed E-state index contributed by atoms with van der Waals surface area (Å²) in [6, 6.07) is 5.41.